The van der Waals surface area contributed by atoms with E-state index in [9.17, 15) is 9.90 Å². The van der Waals surface area contributed by atoms with Crippen molar-refractivity contribution in [2.24, 2.45) is 0 Å². The molecule has 146 valence electrons. The van der Waals surface area contributed by atoms with Crippen LogP contribution in [0.15, 0.2) is 41.2 Å². The maximum Gasteiger partial charge on any atom is 0.248 e. The van der Waals surface area contributed by atoms with E-state index < -0.39 is 0 Å². The zero-order valence-corrected chi connectivity index (χ0v) is 16.6. The Kier molecular flexibility index (Phi) is 5.23. The van der Waals surface area contributed by atoms with Crippen LogP contribution in [0.1, 0.15) is 41.7 Å². The Balaban J connectivity index is 1.43. The molecule has 0 fully saturated rings. The van der Waals surface area contributed by atoms with Gasteiger partial charge in [-0.05, 0) is 78.6 Å². The van der Waals surface area contributed by atoms with E-state index in [-0.39, 0.29) is 11.3 Å². The molecule has 0 aliphatic heterocycles. The first-order valence-corrected chi connectivity index (χ1v) is 10.3. The molecule has 0 radical (unpaired) electrons. The first-order valence-electron chi connectivity index (χ1n) is 10.3. The highest BCUT2D eigenvalue weighted by Crippen LogP contribution is 2.28. The van der Waals surface area contributed by atoms with Crippen molar-refractivity contribution in [3.05, 3.63) is 74.6 Å². The number of H-pyrrole nitrogens is 1. The maximum atomic E-state index is 11.6. The number of benzene rings is 2. The molecule has 2 aromatic carbocycles. The molecule has 1 aromatic heterocycles. The second-order valence-corrected chi connectivity index (χ2v) is 7.76. The monoisotopic (exact) mass is 376 g/mol. The van der Waals surface area contributed by atoms with Gasteiger partial charge in [0.15, 0.2) is 0 Å². The summed E-state index contributed by atoms with van der Waals surface area (Å²) in [6.07, 6.45) is 5.25. The van der Waals surface area contributed by atoms with E-state index in [4.69, 9.17) is 0 Å². The number of fused-ring (bicyclic) bond motifs is 2. The van der Waals surface area contributed by atoms with Crippen LogP contribution < -0.4 is 10.9 Å². The second kappa shape index (κ2) is 7.80. The summed E-state index contributed by atoms with van der Waals surface area (Å²) in [5, 5.41) is 14.6. The average molecular weight is 377 g/mol. The number of aromatic hydroxyl groups is 1. The quantitative estimate of drug-likeness (QED) is 0.615. The third-order valence-corrected chi connectivity index (χ3v) is 6.01. The summed E-state index contributed by atoms with van der Waals surface area (Å²) >= 11 is 0. The van der Waals surface area contributed by atoms with Crippen molar-refractivity contribution in [3.63, 3.8) is 0 Å². The maximum absolute atomic E-state index is 11.6. The molecule has 28 heavy (non-hydrogen) atoms. The number of phenols is 1. The molecule has 0 atom stereocenters. The molecule has 0 unspecified atom stereocenters. The van der Waals surface area contributed by atoms with Crippen LogP contribution in [-0.2, 0) is 32.1 Å². The van der Waals surface area contributed by atoms with E-state index in [0.29, 0.717) is 11.6 Å². The topological polar surface area (TPSA) is 65.1 Å². The lowest BCUT2D eigenvalue weighted by atomic mass is 9.97. The molecular formula is C24H28N2O2. The van der Waals surface area contributed by atoms with Gasteiger partial charge in [-0.3, -0.25) is 4.79 Å². The van der Waals surface area contributed by atoms with Crippen molar-refractivity contribution < 1.29 is 5.11 Å². The average Bonchev–Trinajstić information content (AvgIpc) is 3.10. The molecule has 3 N–H and O–H groups in total. The predicted octanol–water partition coefficient (Wildman–Crippen LogP) is 3.66. The van der Waals surface area contributed by atoms with E-state index in [1.54, 1.807) is 12.1 Å². The van der Waals surface area contributed by atoms with Crippen molar-refractivity contribution in [1.82, 2.24) is 10.3 Å². The van der Waals surface area contributed by atoms with E-state index in [0.717, 1.165) is 49.6 Å². The van der Waals surface area contributed by atoms with E-state index >= 15 is 0 Å². The summed E-state index contributed by atoms with van der Waals surface area (Å²) in [7, 11) is 0. The lowest BCUT2D eigenvalue weighted by Crippen LogP contribution is -2.31. The SMILES string of the molecule is CCc1cc2c(cc1CC)CC(NCCc1ccc(O)c3[nH]c(=O)ccc13)C2. The minimum absolute atomic E-state index is 0.120. The molecule has 0 saturated carbocycles. The molecular weight excluding hydrogens is 348 g/mol. The van der Waals surface area contributed by atoms with Gasteiger partial charge in [0, 0.05) is 17.5 Å². The van der Waals surface area contributed by atoms with Crippen LogP contribution in [0.3, 0.4) is 0 Å². The van der Waals surface area contributed by atoms with Crippen LogP contribution in [0.25, 0.3) is 10.9 Å². The van der Waals surface area contributed by atoms with Gasteiger partial charge < -0.3 is 15.4 Å². The Morgan fingerprint density at radius 3 is 2.32 bits per heavy atom. The van der Waals surface area contributed by atoms with Crippen LogP contribution in [0.2, 0.25) is 0 Å². The Morgan fingerprint density at radius 1 is 1.00 bits per heavy atom. The van der Waals surface area contributed by atoms with Gasteiger partial charge in [0.25, 0.3) is 0 Å². The number of phenolic OH excluding ortho intramolecular Hbond substituents is 1. The molecule has 1 heterocycles. The molecule has 0 bridgehead atoms. The molecule has 1 aliphatic carbocycles. The summed E-state index contributed by atoms with van der Waals surface area (Å²) in [5.74, 6) is 0.120. The molecule has 4 heteroatoms. The molecule has 0 saturated heterocycles. The molecule has 4 nitrogen and oxygen atoms in total. The molecule has 1 aliphatic rings. The highest BCUT2D eigenvalue weighted by atomic mass is 16.3. The summed E-state index contributed by atoms with van der Waals surface area (Å²) < 4.78 is 0. The number of aromatic nitrogens is 1. The Hall–Kier alpha value is -2.59. The van der Waals surface area contributed by atoms with E-state index in [1.807, 2.05) is 6.07 Å². The number of rotatable bonds is 6. The predicted molar refractivity (Wildman–Crippen MR) is 114 cm³/mol. The number of nitrogens with one attached hydrogen (secondary N) is 2. The fourth-order valence-electron chi connectivity index (χ4n) is 4.50. The Labute approximate surface area is 165 Å². The molecule has 0 spiro atoms. The number of aryl methyl sites for hydroxylation is 2. The molecule has 4 rings (SSSR count). The zero-order chi connectivity index (χ0) is 19.7. The van der Waals surface area contributed by atoms with Crippen LogP contribution in [0.5, 0.6) is 5.75 Å². The van der Waals surface area contributed by atoms with Crippen molar-refractivity contribution in [2.75, 3.05) is 6.54 Å². The van der Waals surface area contributed by atoms with Gasteiger partial charge >= 0.3 is 0 Å². The number of hydrogen-bond donors (Lipinski definition) is 3. The van der Waals surface area contributed by atoms with Crippen molar-refractivity contribution in [3.8, 4) is 5.75 Å². The summed E-state index contributed by atoms with van der Waals surface area (Å²) in [5.41, 5.74) is 7.45. The number of hydrogen-bond acceptors (Lipinski definition) is 3. The van der Waals surface area contributed by atoms with Crippen LogP contribution in [0.4, 0.5) is 0 Å². The van der Waals surface area contributed by atoms with Crippen LogP contribution in [0, 0.1) is 0 Å². The summed E-state index contributed by atoms with van der Waals surface area (Å²) in [6.45, 7) is 5.35. The third kappa shape index (κ3) is 3.57. The fourth-order valence-corrected chi connectivity index (χ4v) is 4.50. The first kappa shape index (κ1) is 18.8. The van der Waals surface area contributed by atoms with Crippen molar-refractivity contribution in [1.29, 1.82) is 0 Å². The normalized spacial score (nSPS) is 13.9. The largest absolute Gasteiger partial charge is 0.506 e. The lowest BCUT2D eigenvalue weighted by molar-refractivity contribution is 0.480. The first-order chi connectivity index (χ1) is 13.6. The summed E-state index contributed by atoms with van der Waals surface area (Å²) in [4.78, 5) is 14.3. The van der Waals surface area contributed by atoms with Gasteiger partial charge in [0.05, 0.1) is 5.52 Å². The minimum atomic E-state index is -0.195. The lowest BCUT2D eigenvalue weighted by Gasteiger charge is -2.13. The molecule has 3 aromatic rings. The smallest absolute Gasteiger partial charge is 0.248 e. The second-order valence-electron chi connectivity index (χ2n) is 7.76. The number of aromatic amines is 1. The zero-order valence-electron chi connectivity index (χ0n) is 16.6. The van der Waals surface area contributed by atoms with Gasteiger partial charge in [0.2, 0.25) is 5.56 Å². The van der Waals surface area contributed by atoms with Crippen molar-refractivity contribution >= 4 is 10.9 Å². The van der Waals surface area contributed by atoms with Crippen LogP contribution in [-0.4, -0.2) is 22.7 Å². The highest BCUT2D eigenvalue weighted by molar-refractivity contribution is 5.87. The minimum Gasteiger partial charge on any atom is -0.506 e. The summed E-state index contributed by atoms with van der Waals surface area (Å²) in [6, 6.07) is 12.2. The Bertz CT molecular complexity index is 1040. The highest BCUT2D eigenvalue weighted by Gasteiger charge is 2.22. The van der Waals surface area contributed by atoms with Gasteiger partial charge in [-0.2, -0.15) is 0 Å². The van der Waals surface area contributed by atoms with Crippen LogP contribution >= 0.6 is 0 Å². The third-order valence-electron chi connectivity index (χ3n) is 6.01. The van der Waals surface area contributed by atoms with Gasteiger partial charge in [0.1, 0.15) is 5.75 Å². The molecule has 0 amide bonds. The standard InChI is InChI=1S/C24H28N2O2/c1-3-15-11-18-13-20(14-19(18)12-16(15)4-2)25-10-9-17-5-7-22(27)24-21(17)6-8-23(28)26-24/h5-8,11-12,20,25,27H,3-4,9-10,13-14H2,1-2H3,(H,26,28). The van der Waals surface area contributed by atoms with Crippen molar-refractivity contribution in [2.45, 2.75) is 52.0 Å². The van der Waals surface area contributed by atoms with Gasteiger partial charge in [-0.1, -0.05) is 32.0 Å². The van der Waals surface area contributed by atoms with Gasteiger partial charge in [-0.25, -0.2) is 0 Å². The fraction of sp³-hybridized carbons (Fsp3) is 0.375. The van der Waals surface area contributed by atoms with Gasteiger partial charge in [-0.15, -0.1) is 0 Å². The van der Waals surface area contributed by atoms with E-state index in [1.165, 1.54) is 28.3 Å². The van der Waals surface area contributed by atoms with E-state index in [2.05, 4.69) is 36.3 Å². The Morgan fingerprint density at radius 2 is 1.68 bits per heavy atom. The number of pyridine rings is 1.